The summed E-state index contributed by atoms with van der Waals surface area (Å²) in [6, 6.07) is -1.18. The minimum Gasteiger partial charge on any atom is -0.480 e. The standard InChI is InChI=1S/C14H25N3O4/c1-5-16(8-11(18)15-9(2)3)14(21)17-7-6-10(4)12(17)13(19)20/h9-10,12H,5-8H2,1-4H3,(H,15,18)(H,19,20). The Balaban J connectivity index is 2.74. The van der Waals surface area contributed by atoms with Crippen molar-refractivity contribution in [2.24, 2.45) is 5.92 Å². The SMILES string of the molecule is CCN(CC(=O)NC(C)C)C(=O)N1CCC(C)C1C(=O)O. The first-order valence-corrected chi connectivity index (χ1v) is 7.35. The zero-order valence-electron chi connectivity index (χ0n) is 13.1. The molecule has 1 aliphatic heterocycles. The maximum atomic E-state index is 12.5. The summed E-state index contributed by atoms with van der Waals surface area (Å²) in [5.41, 5.74) is 0. The highest BCUT2D eigenvalue weighted by molar-refractivity contribution is 5.87. The van der Waals surface area contributed by atoms with Crippen LogP contribution in [0.15, 0.2) is 0 Å². The fourth-order valence-electron chi connectivity index (χ4n) is 2.58. The summed E-state index contributed by atoms with van der Waals surface area (Å²) in [5.74, 6) is -1.30. The van der Waals surface area contributed by atoms with Gasteiger partial charge in [-0.3, -0.25) is 4.79 Å². The maximum absolute atomic E-state index is 12.5. The van der Waals surface area contributed by atoms with Gasteiger partial charge in [0.05, 0.1) is 0 Å². The van der Waals surface area contributed by atoms with Crippen LogP contribution >= 0.6 is 0 Å². The van der Waals surface area contributed by atoms with Crippen molar-refractivity contribution in [3.63, 3.8) is 0 Å². The van der Waals surface area contributed by atoms with Crippen molar-refractivity contribution in [1.82, 2.24) is 15.1 Å². The Bertz CT molecular complexity index is 411. The molecule has 21 heavy (non-hydrogen) atoms. The molecule has 1 heterocycles. The molecule has 0 saturated carbocycles. The molecular formula is C14H25N3O4. The van der Waals surface area contributed by atoms with Gasteiger partial charge in [0.15, 0.2) is 0 Å². The molecule has 3 amide bonds. The van der Waals surface area contributed by atoms with E-state index in [4.69, 9.17) is 0 Å². The first kappa shape index (κ1) is 17.3. The van der Waals surface area contributed by atoms with Gasteiger partial charge in [-0.25, -0.2) is 9.59 Å². The van der Waals surface area contributed by atoms with Crippen molar-refractivity contribution >= 4 is 17.9 Å². The molecule has 7 heteroatoms. The van der Waals surface area contributed by atoms with Crippen molar-refractivity contribution in [3.8, 4) is 0 Å². The minimum atomic E-state index is -0.990. The summed E-state index contributed by atoms with van der Waals surface area (Å²) in [6.07, 6.45) is 0.665. The van der Waals surface area contributed by atoms with Gasteiger partial charge in [0.2, 0.25) is 5.91 Å². The van der Waals surface area contributed by atoms with Gasteiger partial charge in [-0.2, -0.15) is 0 Å². The fraction of sp³-hybridized carbons (Fsp3) is 0.786. The molecule has 120 valence electrons. The van der Waals surface area contributed by atoms with E-state index >= 15 is 0 Å². The van der Waals surface area contributed by atoms with E-state index < -0.39 is 12.0 Å². The minimum absolute atomic E-state index is 0.00452. The number of urea groups is 1. The van der Waals surface area contributed by atoms with E-state index in [9.17, 15) is 19.5 Å². The lowest BCUT2D eigenvalue weighted by molar-refractivity contribution is -0.142. The molecule has 1 rings (SSSR count). The molecule has 2 atom stereocenters. The van der Waals surface area contributed by atoms with Gasteiger partial charge in [-0.1, -0.05) is 6.92 Å². The number of carboxylic acid groups (broad SMARTS) is 1. The van der Waals surface area contributed by atoms with Crippen LogP contribution in [0.25, 0.3) is 0 Å². The predicted molar refractivity (Wildman–Crippen MR) is 77.8 cm³/mol. The molecule has 2 N–H and O–H groups in total. The molecule has 0 spiro atoms. The van der Waals surface area contributed by atoms with E-state index in [0.717, 1.165) is 0 Å². The molecule has 0 bridgehead atoms. The average Bonchev–Trinajstić information content (AvgIpc) is 2.76. The summed E-state index contributed by atoms with van der Waals surface area (Å²) in [6.45, 7) is 8.02. The van der Waals surface area contributed by atoms with Crippen LogP contribution in [-0.4, -0.2) is 64.5 Å². The number of likely N-dealkylation sites (N-methyl/N-ethyl adjacent to an activating group) is 1. The van der Waals surface area contributed by atoms with Crippen LogP contribution in [-0.2, 0) is 9.59 Å². The number of nitrogens with one attached hydrogen (secondary N) is 1. The summed E-state index contributed by atoms with van der Waals surface area (Å²) < 4.78 is 0. The number of aliphatic carboxylic acids is 1. The smallest absolute Gasteiger partial charge is 0.326 e. The Labute approximate surface area is 125 Å². The highest BCUT2D eigenvalue weighted by Gasteiger charge is 2.41. The van der Waals surface area contributed by atoms with Crippen LogP contribution in [0.3, 0.4) is 0 Å². The number of carbonyl (C=O) groups excluding carboxylic acids is 2. The van der Waals surface area contributed by atoms with Gasteiger partial charge in [0.25, 0.3) is 0 Å². The molecule has 0 aromatic rings. The molecule has 0 radical (unpaired) electrons. The van der Waals surface area contributed by atoms with Gasteiger partial charge in [-0.15, -0.1) is 0 Å². The normalized spacial score (nSPS) is 21.5. The second-order valence-electron chi connectivity index (χ2n) is 5.76. The molecular weight excluding hydrogens is 274 g/mol. The summed E-state index contributed by atoms with van der Waals surface area (Å²) in [5, 5.41) is 12.0. The molecule has 2 unspecified atom stereocenters. The second kappa shape index (κ2) is 7.28. The number of carboxylic acids is 1. The highest BCUT2D eigenvalue weighted by Crippen LogP contribution is 2.25. The van der Waals surface area contributed by atoms with E-state index in [0.29, 0.717) is 19.5 Å². The molecule has 0 aromatic carbocycles. The number of likely N-dealkylation sites (tertiary alicyclic amines) is 1. The molecule has 0 aliphatic carbocycles. The Morgan fingerprint density at radius 2 is 2.00 bits per heavy atom. The van der Waals surface area contributed by atoms with Crippen LogP contribution in [0.5, 0.6) is 0 Å². The van der Waals surface area contributed by atoms with E-state index in [-0.39, 0.29) is 30.4 Å². The van der Waals surface area contributed by atoms with Crippen LogP contribution in [0.2, 0.25) is 0 Å². The van der Waals surface area contributed by atoms with Crippen molar-refractivity contribution in [2.45, 2.75) is 46.2 Å². The van der Waals surface area contributed by atoms with Crippen molar-refractivity contribution in [1.29, 1.82) is 0 Å². The van der Waals surface area contributed by atoms with E-state index in [1.165, 1.54) is 9.80 Å². The largest absolute Gasteiger partial charge is 0.480 e. The third-order valence-electron chi connectivity index (χ3n) is 3.64. The molecule has 1 saturated heterocycles. The Morgan fingerprint density at radius 3 is 2.48 bits per heavy atom. The summed E-state index contributed by atoms with van der Waals surface area (Å²) >= 11 is 0. The topological polar surface area (TPSA) is 90.0 Å². The maximum Gasteiger partial charge on any atom is 0.326 e. The van der Waals surface area contributed by atoms with Gasteiger partial charge < -0.3 is 20.2 Å². The zero-order chi connectivity index (χ0) is 16.2. The fourth-order valence-corrected chi connectivity index (χ4v) is 2.58. The predicted octanol–water partition coefficient (Wildman–Crippen LogP) is 0.748. The van der Waals surface area contributed by atoms with Gasteiger partial charge in [-0.05, 0) is 33.1 Å². The lowest BCUT2D eigenvalue weighted by atomic mass is 10.0. The monoisotopic (exact) mass is 299 g/mol. The summed E-state index contributed by atoms with van der Waals surface area (Å²) in [4.78, 5) is 38.3. The van der Waals surface area contributed by atoms with Crippen molar-refractivity contribution < 1.29 is 19.5 Å². The van der Waals surface area contributed by atoms with Crippen LogP contribution in [0.1, 0.15) is 34.1 Å². The molecule has 1 fully saturated rings. The first-order chi connectivity index (χ1) is 9.77. The number of hydrogen-bond donors (Lipinski definition) is 2. The van der Waals surface area contributed by atoms with Crippen LogP contribution in [0, 0.1) is 5.92 Å². The molecule has 1 aliphatic rings. The van der Waals surface area contributed by atoms with E-state index in [1.807, 2.05) is 20.8 Å². The lowest BCUT2D eigenvalue weighted by Gasteiger charge is -2.30. The zero-order valence-corrected chi connectivity index (χ0v) is 13.1. The number of rotatable bonds is 5. The first-order valence-electron chi connectivity index (χ1n) is 7.35. The van der Waals surface area contributed by atoms with Crippen LogP contribution in [0.4, 0.5) is 4.79 Å². The number of nitrogens with zero attached hydrogens (tertiary/aromatic N) is 2. The average molecular weight is 299 g/mol. The second-order valence-corrected chi connectivity index (χ2v) is 5.76. The third-order valence-corrected chi connectivity index (χ3v) is 3.64. The van der Waals surface area contributed by atoms with Crippen molar-refractivity contribution in [2.75, 3.05) is 19.6 Å². The van der Waals surface area contributed by atoms with Crippen LogP contribution < -0.4 is 5.32 Å². The van der Waals surface area contributed by atoms with Gasteiger partial charge in [0.1, 0.15) is 12.6 Å². The Kier molecular flexibility index (Phi) is 5.99. The van der Waals surface area contributed by atoms with E-state index in [2.05, 4.69) is 5.32 Å². The number of carbonyl (C=O) groups is 3. The summed E-state index contributed by atoms with van der Waals surface area (Å²) in [7, 11) is 0. The number of hydrogen-bond acceptors (Lipinski definition) is 3. The Hall–Kier alpha value is -1.79. The Morgan fingerprint density at radius 1 is 1.38 bits per heavy atom. The highest BCUT2D eigenvalue weighted by atomic mass is 16.4. The quantitative estimate of drug-likeness (QED) is 0.784. The van der Waals surface area contributed by atoms with Crippen molar-refractivity contribution in [3.05, 3.63) is 0 Å². The van der Waals surface area contributed by atoms with E-state index in [1.54, 1.807) is 6.92 Å². The third kappa shape index (κ3) is 4.34. The molecule has 7 nitrogen and oxygen atoms in total. The molecule has 0 aromatic heterocycles. The van der Waals surface area contributed by atoms with Gasteiger partial charge >= 0.3 is 12.0 Å². The number of amides is 3. The lowest BCUT2D eigenvalue weighted by Crippen LogP contribution is -2.52. The van der Waals surface area contributed by atoms with Gasteiger partial charge in [0, 0.05) is 19.1 Å².